The molecule has 0 atom stereocenters. The third-order valence-corrected chi connectivity index (χ3v) is 3.74. The summed E-state index contributed by atoms with van der Waals surface area (Å²) >= 11 is 0. The van der Waals surface area contributed by atoms with Gasteiger partial charge in [-0.05, 0) is 18.9 Å². The molecule has 0 radical (unpaired) electrons. The number of aliphatic carboxylic acids is 1. The Balaban J connectivity index is 2.35. The zero-order valence-corrected chi connectivity index (χ0v) is 9.37. The van der Waals surface area contributed by atoms with E-state index in [-0.39, 0.29) is 16.5 Å². The lowest BCUT2D eigenvalue weighted by molar-refractivity contribution is -0.147. The van der Waals surface area contributed by atoms with E-state index in [1.807, 2.05) is 0 Å². The van der Waals surface area contributed by atoms with Crippen molar-refractivity contribution in [2.45, 2.75) is 24.7 Å². The maximum Gasteiger partial charge on any atom is 0.314 e. The van der Waals surface area contributed by atoms with Gasteiger partial charge in [-0.15, -0.1) is 0 Å². The molecule has 0 spiro atoms. The van der Waals surface area contributed by atoms with Crippen LogP contribution in [0, 0.1) is 11.6 Å². The van der Waals surface area contributed by atoms with E-state index >= 15 is 0 Å². The highest BCUT2D eigenvalue weighted by Crippen LogP contribution is 2.48. The molecule has 1 aliphatic carbocycles. The standard InChI is InChI=1S/C13H10F2O3/c14-8-6-9(15)11-7(2-5-18-11)10(8)13(12(16)17)3-1-4-13/h2,5-6H,1,3-4H2,(H,16,17). The van der Waals surface area contributed by atoms with Crippen molar-refractivity contribution in [1.29, 1.82) is 0 Å². The zero-order valence-electron chi connectivity index (χ0n) is 9.37. The summed E-state index contributed by atoms with van der Waals surface area (Å²) in [6.45, 7) is 0. The van der Waals surface area contributed by atoms with Gasteiger partial charge in [0, 0.05) is 17.0 Å². The Labute approximate surface area is 101 Å². The van der Waals surface area contributed by atoms with Gasteiger partial charge >= 0.3 is 5.97 Å². The molecule has 1 aromatic heterocycles. The molecule has 0 bridgehead atoms. The van der Waals surface area contributed by atoms with Crippen molar-refractivity contribution in [3.8, 4) is 0 Å². The summed E-state index contributed by atoms with van der Waals surface area (Å²) in [5, 5.41) is 9.55. The first kappa shape index (κ1) is 11.2. The SMILES string of the molecule is O=C(O)C1(c2c(F)cc(F)c3occc23)CCC1. The van der Waals surface area contributed by atoms with Crippen molar-refractivity contribution >= 4 is 16.9 Å². The Kier molecular flexibility index (Phi) is 2.20. The van der Waals surface area contributed by atoms with Gasteiger partial charge in [0.05, 0.1) is 11.7 Å². The molecule has 1 N–H and O–H groups in total. The molecule has 94 valence electrons. The van der Waals surface area contributed by atoms with Crippen LogP contribution in [0.25, 0.3) is 11.0 Å². The molecular formula is C13H10F2O3. The van der Waals surface area contributed by atoms with Gasteiger partial charge < -0.3 is 9.52 Å². The molecule has 1 aliphatic rings. The summed E-state index contributed by atoms with van der Waals surface area (Å²) in [5.41, 5.74) is -1.27. The summed E-state index contributed by atoms with van der Waals surface area (Å²) in [7, 11) is 0. The molecule has 5 heteroatoms. The van der Waals surface area contributed by atoms with E-state index in [9.17, 15) is 18.7 Å². The second kappa shape index (κ2) is 3.54. The number of carboxylic acid groups (broad SMARTS) is 1. The number of hydrogen-bond acceptors (Lipinski definition) is 2. The summed E-state index contributed by atoms with van der Waals surface area (Å²) in [6, 6.07) is 2.12. The average molecular weight is 252 g/mol. The molecular weight excluding hydrogens is 242 g/mol. The largest absolute Gasteiger partial charge is 0.481 e. The fourth-order valence-corrected chi connectivity index (χ4v) is 2.66. The summed E-state index contributed by atoms with van der Waals surface area (Å²) in [5.74, 6) is -2.69. The Morgan fingerprint density at radius 3 is 2.61 bits per heavy atom. The first-order chi connectivity index (χ1) is 8.56. The molecule has 0 saturated heterocycles. The van der Waals surface area contributed by atoms with Crippen molar-refractivity contribution in [2.75, 3.05) is 0 Å². The second-order valence-electron chi connectivity index (χ2n) is 4.62. The lowest BCUT2D eigenvalue weighted by atomic mass is 9.63. The molecule has 18 heavy (non-hydrogen) atoms. The molecule has 1 saturated carbocycles. The van der Waals surface area contributed by atoms with Crippen LogP contribution in [0.2, 0.25) is 0 Å². The maximum atomic E-state index is 14.0. The Morgan fingerprint density at radius 2 is 2.06 bits per heavy atom. The Bertz CT molecular complexity index is 641. The molecule has 0 aliphatic heterocycles. The lowest BCUT2D eigenvalue weighted by Crippen LogP contribution is -2.43. The van der Waals surface area contributed by atoms with Gasteiger partial charge in [-0.2, -0.15) is 0 Å². The van der Waals surface area contributed by atoms with Crippen molar-refractivity contribution < 1.29 is 23.1 Å². The minimum absolute atomic E-state index is 0.0476. The number of carbonyl (C=O) groups is 1. The maximum absolute atomic E-state index is 14.0. The van der Waals surface area contributed by atoms with Crippen LogP contribution in [-0.4, -0.2) is 11.1 Å². The van der Waals surface area contributed by atoms with Crippen molar-refractivity contribution in [1.82, 2.24) is 0 Å². The van der Waals surface area contributed by atoms with E-state index in [1.165, 1.54) is 12.3 Å². The third-order valence-electron chi connectivity index (χ3n) is 3.74. The number of hydrogen-bond donors (Lipinski definition) is 1. The van der Waals surface area contributed by atoms with Gasteiger partial charge in [0.15, 0.2) is 11.4 Å². The van der Waals surface area contributed by atoms with E-state index in [2.05, 4.69) is 0 Å². The Hall–Kier alpha value is -1.91. The van der Waals surface area contributed by atoms with Crippen LogP contribution in [0.15, 0.2) is 22.8 Å². The first-order valence-corrected chi connectivity index (χ1v) is 5.65. The lowest BCUT2D eigenvalue weighted by Gasteiger charge is -2.38. The molecule has 0 unspecified atom stereocenters. The van der Waals surface area contributed by atoms with E-state index in [1.54, 1.807) is 0 Å². The highest BCUT2D eigenvalue weighted by atomic mass is 19.1. The van der Waals surface area contributed by atoms with Crippen molar-refractivity contribution in [2.24, 2.45) is 0 Å². The van der Waals surface area contributed by atoms with Crippen LogP contribution in [0.1, 0.15) is 24.8 Å². The minimum Gasteiger partial charge on any atom is -0.481 e. The summed E-state index contributed by atoms with van der Waals surface area (Å²) in [4.78, 5) is 11.4. The second-order valence-corrected chi connectivity index (χ2v) is 4.62. The number of fused-ring (bicyclic) bond motifs is 1. The zero-order chi connectivity index (χ0) is 12.9. The van der Waals surface area contributed by atoms with Crippen molar-refractivity contribution in [3.05, 3.63) is 35.6 Å². The average Bonchev–Trinajstić information content (AvgIpc) is 2.69. The number of rotatable bonds is 2. The smallest absolute Gasteiger partial charge is 0.314 e. The third kappa shape index (κ3) is 1.24. The fraction of sp³-hybridized carbons (Fsp3) is 0.308. The van der Waals surface area contributed by atoms with Gasteiger partial charge in [-0.1, -0.05) is 6.42 Å². The predicted octanol–water partition coefficient (Wildman–Crippen LogP) is 3.22. The topological polar surface area (TPSA) is 50.4 Å². The molecule has 1 aromatic carbocycles. The van der Waals surface area contributed by atoms with Crippen LogP contribution in [0.4, 0.5) is 8.78 Å². The number of carboxylic acids is 1. The van der Waals surface area contributed by atoms with E-state index < -0.39 is 23.0 Å². The van der Waals surface area contributed by atoms with E-state index in [0.717, 1.165) is 6.42 Å². The number of furan rings is 1. The molecule has 3 rings (SSSR count). The highest BCUT2D eigenvalue weighted by molar-refractivity contribution is 5.92. The number of benzene rings is 1. The van der Waals surface area contributed by atoms with Crippen LogP contribution in [-0.2, 0) is 10.2 Å². The molecule has 0 amide bonds. The van der Waals surface area contributed by atoms with Crippen LogP contribution in [0.5, 0.6) is 0 Å². The molecule has 1 heterocycles. The first-order valence-electron chi connectivity index (χ1n) is 5.65. The summed E-state index contributed by atoms with van der Waals surface area (Å²) in [6.07, 6.45) is 2.70. The van der Waals surface area contributed by atoms with Crippen molar-refractivity contribution in [3.63, 3.8) is 0 Å². The van der Waals surface area contributed by atoms with Crippen LogP contribution < -0.4 is 0 Å². The molecule has 1 fully saturated rings. The van der Waals surface area contributed by atoms with Gasteiger partial charge in [0.25, 0.3) is 0 Å². The summed E-state index contributed by atoms with van der Waals surface area (Å²) < 4.78 is 32.4. The van der Waals surface area contributed by atoms with Gasteiger partial charge in [0.1, 0.15) is 5.82 Å². The highest BCUT2D eigenvalue weighted by Gasteiger charge is 2.49. The molecule has 3 nitrogen and oxygen atoms in total. The predicted molar refractivity (Wildman–Crippen MR) is 59.3 cm³/mol. The van der Waals surface area contributed by atoms with Gasteiger partial charge in [-0.25, -0.2) is 8.78 Å². The monoisotopic (exact) mass is 252 g/mol. The van der Waals surface area contributed by atoms with Gasteiger partial charge in [0.2, 0.25) is 0 Å². The van der Waals surface area contributed by atoms with Gasteiger partial charge in [-0.3, -0.25) is 4.79 Å². The minimum atomic E-state index is -1.24. The van der Waals surface area contributed by atoms with E-state index in [4.69, 9.17) is 4.42 Å². The molecule has 2 aromatic rings. The van der Waals surface area contributed by atoms with E-state index in [0.29, 0.717) is 18.9 Å². The van der Waals surface area contributed by atoms with Crippen LogP contribution in [0.3, 0.4) is 0 Å². The number of halogens is 2. The quantitative estimate of drug-likeness (QED) is 0.892. The fourth-order valence-electron chi connectivity index (χ4n) is 2.66. The van der Waals surface area contributed by atoms with Crippen LogP contribution >= 0.6 is 0 Å². The Morgan fingerprint density at radius 1 is 1.33 bits per heavy atom. The normalized spacial score (nSPS) is 17.7.